The molecule has 0 saturated heterocycles. The van der Waals surface area contributed by atoms with Gasteiger partial charge in [-0.05, 0) is 30.9 Å². The zero-order valence-electron chi connectivity index (χ0n) is 7.90. The fourth-order valence-electron chi connectivity index (χ4n) is 1.30. The van der Waals surface area contributed by atoms with E-state index >= 15 is 0 Å². The summed E-state index contributed by atoms with van der Waals surface area (Å²) in [6.07, 6.45) is 3.28. The zero-order valence-corrected chi connectivity index (χ0v) is 7.90. The van der Waals surface area contributed by atoms with Gasteiger partial charge >= 0.3 is 0 Å². The summed E-state index contributed by atoms with van der Waals surface area (Å²) in [7, 11) is 0. The van der Waals surface area contributed by atoms with E-state index in [2.05, 4.69) is 0 Å². The third-order valence-electron chi connectivity index (χ3n) is 2.27. The Morgan fingerprint density at radius 2 is 2.21 bits per heavy atom. The molecule has 0 amide bonds. The van der Waals surface area contributed by atoms with E-state index in [0.717, 1.165) is 12.9 Å². The maximum atomic E-state index is 10.6. The fourth-order valence-corrected chi connectivity index (χ4v) is 1.30. The number of nitrogen functional groups attached to an aromatic ring is 1. The molecule has 1 saturated carbocycles. The number of ether oxygens (including phenoxy) is 1. The number of rotatable bonds is 4. The van der Waals surface area contributed by atoms with E-state index in [4.69, 9.17) is 10.5 Å². The van der Waals surface area contributed by atoms with Crippen molar-refractivity contribution in [2.45, 2.75) is 12.8 Å². The van der Waals surface area contributed by atoms with Crippen LogP contribution < -0.4 is 10.5 Å². The summed E-state index contributed by atoms with van der Waals surface area (Å²) < 4.78 is 5.51. The third-order valence-corrected chi connectivity index (χ3v) is 2.27. The second-order valence-corrected chi connectivity index (χ2v) is 3.71. The topological polar surface area (TPSA) is 52.3 Å². The molecule has 1 aliphatic carbocycles. The minimum atomic E-state index is 0.566. The number of anilines is 1. The van der Waals surface area contributed by atoms with Crippen molar-refractivity contribution < 1.29 is 9.53 Å². The molecule has 3 heteroatoms. The molecule has 0 spiro atoms. The lowest BCUT2D eigenvalue weighted by atomic mass is 10.2. The summed E-state index contributed by atoms with van der Waals surface area (Å²) in [5.41, 5.74) is 6.75. The van der Waals surface area contributed by atoms with Crippen LogP contribution in [0.15, 0.2) is 18.2 Å². The summed E-state index contributed by atoms with van der Waals surface area (Å²) in [6, 6.07) is 5.10. The summed E-state index contributed by atoms with van der Waals surface area (Å²) in [5, 5.41) is 0. The Labute approximate surface area is 82.9 Å². The molecule has 0 radical (unpaired) electrons. The van der Waals surface area contributed by atoms with Crippen molar-refractivity contribution in [3.63, 3.8) is 0 Å². The molecule has 2 N–H and O–H groups in total. The molecular weight excluding hydrogens is 178 g/mol. The van der Waals surface area contributed by atoms with E-state index in [9.17, 15) is 4.79 Å². The fraction of sp³-hybridized carbons (Fsp3) is 0.364. The third kappa shape index (κ3) is 2.25. The van der Waals surface area contributed by atoms with Crippen LogP contribution in [0.5, 0.6) is 5.75 Å². The number of aldehydes is 1. The van der Waals surface area contributed by atoms with Crippen LogP contribution >= 0.6 is 0 Å². The highest BCUT2D eigenvalue weighted by atomic mass is 16.5. The second-order valence-electron chi connectivity index (χ2n) is 3.71. The maximum absolute atomic E-state index is 10.6. The molecule has 14 heavy (non-hydrogen) atoms. The Hall–Kier alpha value is -1.51. The normalized spacial score (nSPS) is 15.1. The van der Waals surface area contributed by atoms with Crippen molar-refractivity contribution in [1.82, 2.24) is 0 Å². The lowest BCUT2D eigenvalue weighted by Gasteiger charge is -2.06. The molecule has 1 aromatic carbocycles. The summed E-state index contributed by atoms with van der Waals surface area (Å²) in [6.45, 7) is 0.738. The van der Waals surface area contributed by atoms with Gasteiger partial charge in [0.25, 0.3) is 0 Å². The molecule has 1 aromatic rings. The van der Waals surface area contributed by atoms with Gasteiger partial charge in [-0.2, -0.15) is 0 Å². The van der Waals surface area contributed by atoms with Gasteiger partial charge in [-0.1, -0.05) is 0 Å². The van der Waals surface area contributed by atoms with Crippen molar-refractivity contribution in [3.8, 4) is 5.75 Å². The van der Waals surface area contributed by atoms with Crippen molar-refractivity contribution in [1.29, 1.82) is 0 Å². The maximum Gasteiger partial charge on any atom is 0.150 e. The number of nitrogens with two attached hydrogens (primary N) is 1. The predicted octanol–water partition coefficient (Wildman–Crippen LogP) is 1.87. The zero-order chi connectivity index (χ0) is 9.97. The van der Waals surface area contributed by atoms with E-state index in [1.807, 2.05) is 0 Å². The highest BCUT2D eigenvalue weighted by molar-refractivity contribution is 5.77. The first-order valence-corrected chi connectivity index (χ1v) is 4.76. The molecule has 0 aliphatic heterocycles. The Kier molecular flexibility index (Phi) is 2.39. The SMILES string of the molecule is Nc1cc(C=O)cc(OCC2CC2)c1. The number of hydrogen-bond acceptors (Lipinski definition) is 3. The van der Waals surface area contributed by atoms with Gasteiger partial charge in [-0.3, -0.25) is 4.79 Å². The highest BCUT2D eigenvalue weighted by Crippen LogP contribution is 2.30. The van der Waals surface area contributed by atoms with Crippen LogP contribution in [0.3, 0.4) is 0 Å². The van der Waals surface area contributed by atoms with E-state index in [0.29, 0.717) is 22.9 Å². The molecule has 1 fully saturated rings. The van der Waals surface area contributed by atoms with Gasteiger partial charge in [0.2, 0.25) is 0 Å². The van der Waals surface area contributed by atoms with Gasteiger partial charge < -0.3 is 10.5 Å². The van der Waals surface area contributed by atoms with Crippen LogP contribution in [0.4, 0.5) is 5.69 Å². The van der Waals surface area contributed by atoms with Gasteiger partial charge in [0.15, 0.2) is 0 Å². The molecular formula is C11H13NO2. The van der Waals surface area contributed by atoms with Crippen LogP contribution in [-0.2, 0) is 0 Å². The van der Waals surface area contributed by atoms with Crippen LogP contribution in [0, 0.1) is 5.92 Å². The Balaban J connectivity index is 2.06. The lowest BCUT2D eigenvalue weighted by molar-refractivity contribution is 0.112. The number of carbonyl (C=O) groups is 1. The Morgan fingerprint density at radius 1 is 1.43 bits per heavy atom. The Bertz CT molecular complexity index is 345. The molecule has 74 valence electrons. The van der Waals surface area contributed by atoms with E-state index in [-0.39, 0.29) is 0 Å². The van der Waals surface area contributed by atoms with Gasteiger partial charge in [0, 0.05) is 17.3 Å². The van der Waals surface area contributed by atoms with Crippen LogP contribution in [0.1, 0.15) is 23.2 Å². The summed E-state index contributed by atoms with van der Waals surface area (Å²) in [4.78, 5) is 10.6. The molecule has 0 atom stereocenters. The Morgan fingerprint density at radius 3 is 2.86 bits per heavy atom. The minimum absolute atomic E-state index is 0.566. The number of benzene rings is 1. The summed E-state index contributed by atoms with van der Waals surface area (Å²) in [5.74, 6) is 1.40. The second kappa shape index (κ2) is 3.70. The van der Waals surface area contributed by atoms with Crippen molar-refractivity contribution in [2.75, 3.05) is 12.3 Å². The average Bonchev–Trinajstić information content (AvgIpc) is 2.97. The summed E-state index contributed by atoms with van der Waals surface area (Å²) >= 11 is 0. The largest absolute Gasteiger partial charge is 0.493 e. The first kappa shape index (κ1) is 9.06. The van der Waals surface area contributed by atoms with Crippen LogP contribution in [-0.4, -0.2) is 12.9 Å². The van der Waals surface area contributed by atoms with Gasteiger partial charge in [-0.25, -0.2) is 0 Å². The van der Waals surface area contributed by atoms with Crippen LogP contribution in [0.2, 0.25) is 0 Å². The smallest absolute Gasteiger partial charge is 0.150 e. The average molecular weight is 191 g/mol. The minimum Gasteiger partial charge on any atom is -0.493 e. The predicted molar refractivity (Wildman–Crippen MR) is 54.5 cm³/mol. The quantitative estimate of drug-likeness (QED) is 0.584. The monoisotopic (exact) mass is 191 g/mol. The molecule has 0 unspecified atom stereocenters. The van der Waals surface area contributed by atoms with Crippen molar-refractivity contribution in [3.05, 3.63) is 23.8 Å². The van der Waals surface area contributed by atoms with E-state index in [1.165, 1.54) is 12.8 Å². The number of hydrogen-bond donors (Lipinski definition) is 1. The van der Waals surface area contributed by atoms with Gasteiger partial charge in [0.1, 0.15) is 12.0 Å². The van der Waals surface area contributed by atoms with Crippen molar-refractivity contribution in [2.24, 2.45) is 5.92 Å². The molecule has 3 nitrogen and oxygen atoms in total. The number of carbonyl (C=O) groups excluding carboxylic acids is 1. The van der Waals surface area contributed by atoms with Crippen LogP contribution in [0.25, 0.3) is 0 Å². The molecule has 2 rings (SSSR count). The van der Waals surface area contributed by atoms with E-state index < -0.39 is 0 Å². The van der Waals surface area contributed by atoms with Crippen molar-refractivity contribution >= 4 is 12.0 Å². The van der Waals surface area contributed by atoms with Gasteiger partial charge in [0.05, 0.1) is 6.61 Å². The molecule has 0 bridgehead atoms. The molecule has 1 aliphatic rings. The van der Waals surface area contributed by atoms with E-state index in [1.54, 1.807) is 18.2 Å². The highest BCUT2D eigenvalue weighted by Gasteiger charge is 2.21. The molecule has 0 heterocycles. The first-order valence-electron chi connectivity index (χ1n) is 4.76. The lowest BCUT2D eigenvalue weighted by Crippen LogP contribution is -2.00. The van der Waals surface area contributed by atoms with Gasteiger partial charge in [-0.15, -0.1) is 0 Å². The molecule has 0 aromatic heterocycles. The standard InChI is InChI=1S/C11H13NO2/c12-10-3-9(6-13)4-11(5-10)14-7-8-1-2-8/h3-6,8H,1-2,7,12H2. The first-order chi connectivity index (χ1) is 6.78.